The minimum atomic E-state index is -1.07. The maximum atomic E-state index is 12.9. The predicted octanol–water partition coefficient (Wildman–Crippen LogP) is 0.776. The molecule has 0 aliphatic heterocycles. The zero-order valence-corrected chi connectivity index (χ0v) is 15.0. The van der Waals surface area contributed by atoms with Crippen molar-refractivity contribution in [2.45, 2.75) is 6.42 Å². The van der Waals surface area contributed by atoms with Crippen molar-refractivity contribution in [1.82, 2.24) is 15.6 Å². The van der Waals surface area contributed by atoms with Crippen molar-refractivity contribution in [3.63, 3.8) is 0 Å². The van der Waals surface area contributed by atoms with Crippen molar-refractivity contribution in [3.05, 3.63) is 53.5 Å². The number of hydrogen-bond acceptors (Lipinski definition) is 7. The van der Waals surface area contributed by atoms with Gasteiger partial charge in [-0.25, -0.2) is 14.2 Å². The first-order chi connectivity index (χ1) is 13.4. The Morgan fingerprint density at radius 3 is 2.57 bits per heavy atom. The number of pyridine rings is 1. The molecule has 28 heavy (non-hydrogen) atoms. The highest BCUT2D eigenvalue weighted by atomic mass is 19.1. The van der Waals surface area contributed by atoms with Gasteiger partial charge in [-0.2, -0.15) is 0 Å². The molecule has 0 fully saturated rings. The Hall–Kier alpha value is -3.53. The number of aromatic nitrogens is 1. The number of amides is 3. The number of ether oxygens (including phenoxy) is 2. The molecule has 4 N–H and O–H groups in total. The van der Waals surface area contributed by atoms with Gasteiger partial charge in [0.25, 0.3) is 11.8 Å². The summed E-state index contributed by atoms with van der Waals surface area (Å²) < 4.78 is 22.8. The van der Waals surface area contributed by atoms with E-state index in [0.717, 1.165) is 5.56 Å². The third-order valence-corrected chi connectivity index (χ3v) is 3.53. The van der Waals surface area contributed by atoms with Gasteiger partial charge in [0, 0.05) is 18.8 Å². The summed E-state index contributed by atoms with van der Waals surface area (Å²) in [5, 5.41) is 4.59. The number of halogens is 1. The molecule has 2 rings (SSSR count). The average molecular weight is 390 g/mol. The number of hydrogen-bond donors (Lipinski definition) is 3. The van der Waals surface area contributed by atoms with E-state index in [0.29, 0.717) is 13.0 Å². The Bertz CT molecular complexity index is 858. The third-order valence-electron chi connectivity index (χ3n) is 3.53. The first-order valence-electron chi connectivity index (χ1n) is 8.21. The quantitative estimate of drug-likeness (QED) is 0.636. The van der Waals surface area contributed by atoms with Crippen molar-refractivity contribution in [2.24, 2.45) is 5.73 Å². The summed E-state index contributed by atoms with van der Waals surface area (Å²) >= 11 is 0. The molecule has 3 amide bonds. The SMILES string of the molecule is COc1cc(C(=O)NCCc2ccc(F)cc2)cnc1OC(=O)NC(=O)CN. The van der Waals surface area contributed by atoms with E-state index in [4.69, 9.17) is 15.2 Å². The van der Waals surface area contributed by atoms with Gasteiger partial charge in [-0.3, -0.25) is 14.9 Å². The lowest BCUT2D eigenvalue weighted by Crippen LogP contribution is -2.37. The van der Waals surface area contributed by atoms with Crippen LogP contribution < -0.4 is 25.8 Å². The predicted molar refractivity (Wildman–Crippen MR) is 96.4 cm³/mol. The lowest BCUT2D eigenvalue weighted by atomic mass is 10.1. The molecule has 1 aromatic heterocycles. The fourth-order valence-electron chi connectivity index (χ4n) is 2.13. The molecule has 1 heterocycles. The second kappa shape index (κ2) is 9.97. The molecular weight excluding hydrogens is 371 g/mol. The topological polar surface area (TPSA) is 133 Å². The van der Waals surface area contributed by atoms with E-state index < -0.39 is 17.9 Å². The van der Waals surface area contributed by atoms with E-state index in [1.165, 1.54) is 31.5 Å². The molecule has 148 valence electrons. The molecule has 10 heteroatoms. The van der Waals surface area contributed by atoms with Gasteiger partial charge in [0.15, 0.2) is 5.75 Å². The molecule has 0 atom stereocenters. The molecule has 0 saturated heterocycles. The monoisotopic (exact) mass is 390 g/mol. The van der Waals surface area contributed by atoms with Gasteiger partial charge < -0.3 is 20.5 Å². The Labute approximate surface area is 160 Å². The average Bonchev–Trinajstić information content (AvgIpc) is 2.69. The number of carbonyl (C=O) groups is 3. The van der Waals surface area contributed by atoms with E-state index in [9.17, 15) is 18.8 Å². The molecular formula is C18H19FN4O5. The lowest BCUT2D eigenvalue weighted by molar-refractivity contribution is -0.118. The number of benzene rings is 1. The van der Waals surface area contributed by atoms with E-state index in [1.54, 1.807) is 12.1 Å². The summed E-state index contributed by atoms with van der Waals surface area (Å²) in [6.07, 6.45) is 0.647. The zero-order valence-electron chi connectivity index (χ0n) is 15.0. The highest BCUT2D eigenvalue weighted by molar-refractivity contribution is 5.95. The van der Waals surface area contributed by atoms with Crippen LogP contribution in [0.2, 0.25) is 0 Å². The molecule has 0 radical (unpaired) electrons. The summed E-state index contributed by atoms with van der Waals surface area (Å²) in [6.45, 7) is -0.0503. The maximum absolute atomic E-state index is 12.9. The lowest BCUT2D eigenvalue weighted by Gasteiger charge is -2.10. The maximum Gasteiger partial charge on any atom is 0.420 e. The number of nitrogens with one attached hydrogen (secondary N) is 2. The van der Waals surface area contributed by atoms with Crippen LogP contribution in [0.4, 0.5) is 9.18 Å². The van der Waals surface area contributed by atoms with Gasteiger partial charge in [-0.15, -0.1) is 0 Å². The minimum absolute atomic E-state index is 0.0292. The fourth-order valence-corrected chi connectivity index (χ4v) is 2.13. The summed E-state index contributed by atoms with van der Waals surface area (Å²) in [4.78, 5) is 38.7. The van der Waals surface area contributed by atoms with Crippen LogP contribution in [-0.2, 0) is 11.2 Å². The first kappa shape index (κ1) is 20.8. The van der Waals surface area contributed by atoms with Crippen molar-refractivity contribution < 1.29 is 28.2 Å². The Kier molecular flexibility index (Phi) is 7.40. The van der Waals surface area contributed by atoms with Crippen molar-refractivity contribution in [2.75, 3.05) is 20.2 Å². The number of imide groups is 1. The number of nitrogens with two attached hydrogens (primary N) is 1. The molecule has 0 saturated carbocycles. The third kappa shape index (κ3) is 6.02. The smallest absolute Gasteiger partial charge is 0.420 e. The number of rotatable bonds is 7. The Morgan fingerprint density at radius 2 is 1.93 bits per heavy atom. The second-order valence-corrected chi connectivity index (χ2v) is 5.51. The van der Waals surface area contributed by atoms with Gasteiger partial charge in [0.05, 0.1) is 19.2 Å². The summed E-state index contributed by atoms with van der Waals surface area (Å²) in [5.74, 6) is -1.65. The molecule has 0 aliphatic carbocycles. The van der Waals surface area contributed by atoms with Crippen LogP contribution >= 0.6 is 0 Å². The molecule has 9 nitrogen and oxygen atoms in total. The zero-order chi connectivity index (χ0) is 20.5. The normalized spacial score (nSPS) is 10.1. The summed E-state index contributed by atoms with van der Waals surface area (Å²) in [5.41, 5.74) is 6.14. The van der Waals surface area contributed by atoms with Crippen molar-refractivity contribution >= 4 is 17.9 Å². The molecule has 0 bridgehead atoms. The van der Waals surface area contributed by atoms with E-state index in [1.807, 2.05) is 5.32 Å². The highest BCUT2D eigenvalue weighted by Crippen LogP contribution is 2.25. The largest absolute Gasteiger partial charge is 0.491 e. The molecule has 1 aromatic carbocycles. The Balaban J connectivity index is 1.95. The van der Waals surface area contributed by atoms with Gasteiger partial charge in [0.1, 0.15) is 5.82 Å². The minimum Gasteiger partial charge on any atom is -0.491 e. The fraction of sp³-hybridized carbons (Fsp3) is 0.222. The second-order valence-electron chi connectivity index (χ2n) is 5.51. The standard InChI is InChI=1S/C18H19FN4O5/c1-27-14-8-12(10-22-17(14)28-18(26)23-15(24)9-20)16(25)21-7-6-11-2-4-13(19)5-3-11/h2-5,8,10H,6-7,9,20H2,1H3,(H,21,25)(H,23,24,26). The molecule has 0 unspecified atom stereocenters. The number of nitrogens with zero attached hydrogens (tertiary/aromatic N) is 1. The van der Waals surface area contributed by atoms with Gasteiger partial charge in [0.2, 0.25) is 5.91 Å². The van der Waals surface area contributed by atoms with Crippen LogP contribution in [0.3, 0.4) is 0 Å². The van der Waals surface area contributed by atoms with Crippen LogP contribution in [0, 0.1) is 5.82 Å². The number of methoxy groups -OCH3 is 1. The number of carbonyl (C=O) groups excluding carboxylic acids is 3. The van der Waals surface area contributed by atoms with Crippen molar-refractivity contribution in [3.8, 4) is 11.6 Å². The molecule has 0 spiro atoms. The van der Waals surface area contributed by atoms with Crippen LogP contribution in [0.15, 0.2) is 36.5 Å². The van der Waals surface area contributed by atoms with Crippen LogP contribution in [0.5, 0.6) is 11.6 Å². The van der Waals surface area contributed by atoms with E-state index >= 15 is 0 Å². The van der Waals surface area contributed by atoms with Crippen LogP contribution in [-0.4, -0.2) is 43.1 Å². The van der Waals surface area contributed by atoms with E-state index in [-0.39, 0.29) is 29.6 Å². The Morgan fingerprint density at radius 1 is 1.21 bits per heavy atom. The van der Waals surface area contributed by atoms with Crippen LogP contribution in [0.25, 0.3) is 0 Å². The molecule has 2 aromatic rings. The van der Waals surface area contributed by atoms with Crippen molar-refractivity contribution in [1.29, 1.82) is 0 Å². The highest BCUT2D eigenvalue weighted by Gasteiger charge is 2.16. The van der Waals surface area contributed by atoms with Gasteiger partial charge in [-0.1, -0.05) is 12.1 Å². The van der Waals surface area contributed by atoms with Gasteiger partial charge in [-0.05, 0) is 24.1 Å². The first-order valence-corrected chi connectivity index (χ1v) is 8.21. The molecule has 0 aliphatic rings. The van der Waals surface area contributed by atoms with Crippen LogP contribution in [0.1, 0.15) is 15.9 Å². The summed E-state index contributed by atoms with van der Waals surface area (Å²) in [7, 11) is 1.31. The van der Waals surface area contributed by atoms with Gasteiger partial charge >= 0.3 is 6.09 Å². The van der Waals surface area contributed by atoms with E-state index in [2.05, 4.69) is 10.3 Å². The summed E-state index contributed by atoms with van der Waals surface area (Å²) in [6, 6.07) is 7.31.